The number of hydrogen-bond acceptors (Lipinski definition) is 5. The summed E-state index contributed by atoms with van der Waals surface area (Å²) < 4.78 is 22.8. The molecular weight excluding hydrogens is 242 g/mol. The van der Waals surface area contributed by atoms with Gasteiger partial charge in [0.15, 0.2) is 9.84 Å². The fourth-order valence-corrected chi connectivity index (χ4v) is 3.49. The number of nitrogens with two attached hydrogens (primary N) is 2. The van der Waals surface area contributed by atoms with Gasteiger partial charge in [-0.2, -0.15) is 0 Å². The standard InChI is InChI=1S/C10H21N3O3S/c1-8-7-17(15,16)6-5-13(8)4-3-10(2,12)9(11)14/h8H,3-7,12H2,1-2H3,(H2,11,14). The summed E-state index contributed by atoms with van der Waals surface area (Å²) in [6.45, 7) is 4.56. The minimum Gasteiger partial charge on any atom is -0.368 e. The van der Waals surface area contributed by atoms with Crippen molar-refractivity contribution in [2.75, 3.05) is 24.6 Å². The first-order chi connectivity index (χ1) is 7.64. The maximum absolute atomic E-state index is 11.4. The zero-order valence-electron chi connectivity index (χ0n) is 10.3. The molecule has 0 spiro atoms. The summed E-state index contributed by atoms with van der Waals surface area (Å²) in [6, 6.07) is -0.0302. The van der Waals surface area contributed by atoms with E-state index in [1.165, 1.54) is 0 Å². The lowest BCUT2D eigenvalue weighted by Gasteiger charge is -2.34. The summed E-state index contributed by atoms with van der Waals surface area (Å²) in [7, 11) is -2.90. The van der Waals surface area contributed by atoms with Crippen LogP contribution in [0, 0.1) is 0 Å². The molecule has 1 fully saturated rings. The molecule has 7 heteroatoms. The van der Waals surface area contributed by atoms with Crippen LogP contribution in [-0.4, -0.2) is 55.4 Å². The van der Waals surface area contributed by atoms with E-state index in [0.717, 1.165) is 0 Å². The summed E-state index contributed by atoms with van der Waals surface area (Å²) in [4.78, 5) is 13.1. The van der Waals surface area contributed by atoms with Crippen LogP contribution < -0.4 is 11.5 Å². The van der Waals surface area contributed by atoms with E-state index in [4.69, 9.17) is 11.5 Å². The average Bonchev–Trinajstić information content (AvgIpc) is 2.14. The molecule has 2 atom stereocenters. The predicted octanol–water partition coefficient (Wildman–Crippen LogP) is -1.30. The number of rotatable bonds is 4. The zero-order chi connectivity index (χ0) is 13.3. The Labute approximate surface area is 102 Å². The molecular formula is C10H21N3O3S. The van der Waals surface area contributed by atoms with Gasteiger partial charge < -0.3 is 11.5 Å². The maximum Gasteiger partial charge on any atom is 0.237 e. The minimum atomic E-state index is -2.90. The lowest BCUT2D eigenvalue weighted by Crippen LogP contribution is -2.53. The topological polar surface area (TPSA) is 106 Å². The van der Waals surface area contributed by atoms with E-state index in [2.05, 4.69) is 0 Å². The molecule has 0 aromatic carbocycles. The second kappa shape index (κ2) is 4.91. The van der Waals surface area contributed by atoms with E-state index in [1.807, 2.05) is 11.8 Å². The molecule has 1 amide bonds. The van der Waals surface area contributed by atoms with Gasteiger partial charge in [0.25, 0.3) is 0 Å². The molecule has 17 heavy (non-hydrogen) atoms. The van der Waals surface area contributed by atoms with Gasteiger partial charge in [0, 0.05) is 19.1 Å². The van der Waals surface area contributed by atoms with Crippen LogP contribution in [0.25, 0.3) is 0 Å². The van der Waals surface area contributed by atoms with Gasteiger partial charge in [-0.15, -0.1) is 0 Å². The van der Waals surface area contributed by atoms with Crippen LogP contribution in [0.15, 0.2) is 0 Å². The van der Waals surface area contributed by atoms with Crippen LogP contribution in [0.2, 0.25) is 0 Å². The Bertz CT molecular complexity index is 392. The van der Waals surface area contributed by atoms with Crippen LogP contribution in [0.4, 0.5) is 0 Å². The molecule has 0 aromatic rings. The number of nitrogens with zero attached hydrogens (tertiary/aromatic N) is 1. The Morgan fingerprint density at radius 2 is 2.12 bits per heavy atom. The van der Waals surface area contributed by atoms with Crippen molar-refractivity contribution >= 4 is 15.7 Å². The molecule has 2 unspecified atom stereocenters. The molecule has 1 rings (SSSR count). The monoisotopic (exact) mass is 263 g/mol. The van der Waals surface area contributed by atoms with Gasteiger partial charge in [0.1, 0.15) is 0 Å². The van der Waals surface area contributed by atoms with Gasteiger partial charge in [-0.25, -0.2) is 8.42 Å². The largest absolute Gasteiger partial charge is 0.368 e. The summed E-state index contributed by atoms with van der Waals surface area (Å²) in [6.07, 6.45) is 0.437. The first kappa shape index (κ1) is 14.4. The minimum absolute atomic E-state index is 0.0302. The number of carbonyl (C=O) groups excluding carboxylic acids is 1. The fraction of sp³-hybridized carbons (Fsp3) is 0.900. The number of sulfone groups is 1. The SMILES string of the molecule is CC1CS(=O)(=O)CCN1CCC(C)(N)C(N)=O. The summed E-state index contributed by atoms with van der Waals surface area (Å²) in [5.74, 6) is -0.185. The van der Waals surface area contributed by atoms with Crippen LogP contribution in [0.5, 0.6) is 0 Å². The van der Waals surface area contributed by atoms with Crippen molar-refractivity contribution in [1.29, 1.82) is 0 Å². The molecule has 0 bridgehead atoms. The van der Waals surface area contributed by atoms with Crippen molar-refractivity contribution < 1.29 is 13.2 Å². The van der Waals surface area contributed by atoms with Crippen LogP contribution >= 0.6 is 0 Å². The fourth-order valence-electron chi connectivity index (χ4n) is 1.86. The summed E-state index contributed by atoms with van der Waals surface area (Å²) >= 11 is 0. The van der Waals surface area contributed by atoms with E-state index in [1.54, 1.807) is 6.92 Å². The normalized spacial score (nSPS) is 28.5. The van der Waals surface area contributed by atoms with Crippen molar-refractivity contribution in [1.82, 2.24) is 4.90 Å². The molecule has 0 aliphatic carbocycles. The van der Waals surface area contributed by atoms with E-state index in [-0.39, 0.29) is 17.5 Å². The Balaban J connectivity index is 2.52. The molecule has 0 saturated carbocycles. The summed E-state index contributed by atoms with van der Waals surface area (Å²) in [5, 5.41) is 0. The van der Waals surface area contributed by atoms with Crippen molar-refractivity contribution in [3.63, 3.8) is 0 Å². The maximum atomic E-state index is 11.4. The molecule has 4 N–H and O–H groups in total. The Kier molecular flexibility index (Phi) is 4.16. The number of primary amides is 1. The number of carbonyl (C=O) groups is 1. The quantitative estimate of drug-likeness (QED) is 0.655. The van der Waals surface area contributed by atoms with Gasteiger partial charge in [-0.3, -0.25) is 9.69 Å². The molecule has 0 radical (unpaired) electrons. The van der Waals surface area contributed by atoms with E-state index < -0.39 is 21.3 Å². The smallest absolute Gasteiger partial charge is 0.237 e. The van der Waals surface area contributed by atoms with Crippen LogP contribution in [0.1, 0.15) is 20.3 Å². The third kappa shape index (κ3) is 3.93. The van der Waals surface area contributed by atoms with Crippen molar-refractivity contribution in [3.8, 4) is 0 Å². The summed E-state index contributed by atoms with van der Waals surface area (Å²) in [5.41, 5.74) is 9.91. The van der Waals surface area contributed by atoms with Gasteiger partial charge >= 0.3 is 0 Å². The molecule has 100 valence electrons. The van der Waals surface area contributed by atoms with Gasteiger partial charge in [-0.05, 0) is 20.3 Å². The first-order valence-electron chi connectivity index (χ1n) is 5.67. The third-order valence-electron chi connectivity index (χ3n) is 3.29. The second-order valence-electron chi connectivity index (χ2n) is 5.03. The van der Waals surface area contributed by atoms with E-state index in [0.29, 0.717) is 19.5 Å². The average molecular weight is 263 g/mol. The molecule has 0 aromatic heterocycles. The first-order valence-corrected chi connectivity index (χ1v) is 7.49. The lowest BCUT2D eigenvalue weighted by atomic mass is 9.98. The molecule has 6 nitrogen and oxygen atoms in total. The highest BCUT2D eigenvalue weighted by Gasteiger charge is 2.31. The lowest BCUT2D eigenvalue weighted by molar-refractivity contribution is -0.122. The molecule has 1 saturated heterocycles. The van der Waals surface area contributed by atoms with Crippen molar-refractivity contribution in [2.45, 2.75) is 31.8 Å². The molecule has 1 heterocycles. The highest BCUT2D eigenvalue weighted by atomic mass is 32.2. The van der Waals surface area contributed by atoms with Crippen molar-refractivity contribution in [2.24, 2.45) is 11.5 Å². The Morgan fingerprint density at radius 3 is 2.59 bits per heavy atom. The second-order valence-corrected chi connectivity index (χ2v) is 7.26. The highest BCUT2D eigenvalue weighted by Crippen LogP contribution is 2.14. The molecule has 1 aliphatic heterocycles. The van der Waals surface area contributed by atoms with Crippen LogP contribution in [0.3, 0.4) is 0 Å². The van der Waals surface area contributed by atoms with E-state index in [9.17, 15) is 13.2 Å². The number of amides is 1. The van der Waals surface area contributed by atoms with Gasteiger partial charge in [0.05, 0.1) is 17.0 Å². The Morgan fingerprint density at radius 1 is 1.53 bits per heavy atom. The van der Waals surface area contributed by atoms with E-state index >= 15 is 0 Å². The third-order valence-corrected chi connectivity index (χ3v) is 5.08. The Hall–Kier alpha value is -0.660. The zero-order valence-corrected chi connectivity index (χ0v) is 11.2. The number of hydrogen-bond donors (Lipinski definition) is 2. The van der Waals surface area contributed by atoms with Gasteiger partial charge in [0.2, 0.25) is 5.91 Å². The van der Waals surface area contributed by atoms with Gasteiger partial charge in [-0.1, -0.05) is 0 Å². The van der Waals surface area contributed by atoms with Crippen molar-refractivity contribution in [3.05, 3.63) is 0 Å². The van der Waals surface area contributed by atoms with Crippen LogP contribution in [-0.2, 0) is 14.6 Å². The predicted molar refractivity (Wildman–Crippen MR) is 66.1 cm³/mol. The highest BCUT2D eigenvalue weighted by molar-refractivity contribution is 7.91. The molecule has 1 aliphatic rings.